The van der Waals surface area contributed by atoms with E-state index in [1.807, 2.05) is 18.2 Å². The van der Waals surface area contributed by atoms with E-state index in [0.29, 0.717) is 10.4 Å². The van der Waals surface area contributed by atoms with Gasteiger partial charge in [0.05, 0.1) is 17.1 Å². The number of benzene rings is 2. The van der Waals surface area contributed by atoms with Gasteiger partial charge >= 0.3 is 4.87 Å². The van der Waals surface area contributed by atoms with Crippen LogP contribution in [0.3, 0.4) is 0 Å². The standard InChI is InChI=1S/C21H17FN2O2S/c1-2-13-7-5-8-16-15(11-23-19(13)16)10-18-20(25)24(21(26)27-18)12-14-6-3-4-9-17(14)22/h3-11,25H,2,12H2,1H3/b15-10+. The monoisotopic (exact) mass is 380 g/mol. The predicted octanol–water partition coefficient (Wildman–Crippen LogP) is 4.62. The summed E-state index contributed by atoms with van der Waals surface area (Å²) in [6.45, 7) is 2.06. The molecular weight excluding hydrogens is 363 g/mol. The fourth-order valence-electron chi connectivity index (χ4n) is 3.17. The van der Waals surface area contributed by atoms with E-state index >= 15 is 0 Å². The lowest BCUT2D eigenvalue weighted by Crippen LogP contribution is -2.14. The molecule has 3 aromatic rings. The van der Waals surface area contributed by atoms with Gasteiger partial charge in [-0.15, -0.1) is 0 Å². The van der Waals surface area contributed by atoms with Gasteiger partial charge in [0.25, 0.3) is 0 Å². The molecule has 0 amide bonds. The van der Waals surface area contributed by atoms with Gasteiger partial charge in [0.1, 0.15) is 5.82 Å². The molecule has 0 bridgehead atoms. The molecule has 4 rings (SSSR count). The van der Waals surface area contributed by atoms with Crippen LogP contribution in [0, 0.1) is 5.82 Å². The largest absolute Gasteiger partial charge is 0.493 e. The van der Waals surface area contributed by atoms with Crippen LogP contribution in [0.2, 0.25) is 0 Å². The van der Waals surface area contributed by atoms with Crippen molar-refractivity contribution in [2.45, 2.75) is 19.9 Å². The van der Waals surface area contributed by atoms with E-state index in [0.717, 1.165) is 40.1 Å². The third-order valence-corrected chi connectivity index (χ3v) is 5.53. The zero-order valence-corrected chi connectivity index (χ0v) is 15.5. The average molecular weight is 380 g/mol. The van der Waals surface area contributed by atoms with Crippen molar-refractivity contribution in [3.63, 3.8) is 0 Å². The fraction of sp³-hybridized carbons (Fsp3) is 0.143. The van der Waals surface area contributed by atoms with Gasteiger partial charge in [-0.3, -0.25) is 14.4 Å². The van der Waals surface area contributed by atoms with Crippen molar-refractivity contribution >= 4 is 34.9 Å². The Morgan fingerprint density at radius 1 is 1.19 bits per heavy atom. The number of fused-ring (bicyclic) bond motifs is 1. The number of hydrogen-bond acceptors (Lipinski definition) is 4. The Morgan fingerprint density at radius 2 is 1.96 bits per heavy atom. The van der Waals surface area contributed by atoms with Gasteiger partial charge in [-0.25, -0.2) is 4.39 Å². The summed E-state index contributed by atoms with van der Waals surface area (Å²) in [6, 6.07) is 12.2. The van der Waals surface area contributed by atoms with Crippen LogP contribution in [0.1, 0.15) is 28.5 Å². The Hall–Kier alpha value is -2.99. The van der Waals surface area contributed by atoms with E-state index in [1.54, 1.807) is 30.5 Å². The molecule has 4 nitrogen and oxygen atoms in total. The summed E-state index contributed by atoms with van der Waals surface area (Å²) in [7, 11) is 0. The fourth-order valence-corrected chi connectivity index (χ4v) is 4.00. The first kappa shape index (κ1) is 17.4. The molecule has 1 aliphatic rings. The lowest BCUT2D eigenvalue weighted by atomic mass is 10.0. The van der Waals surface area contributed by atoms with Crippen LogP contribution in [0.15, 0.2) is 52.3 Å². The third-order valence-electron chi connectivity index (χ3n) is 4.61. The zero-order valence-electron chi connectivity index (χ0n) is 14.6. The Morgan fingerprint density at radius 3 is 2.74 bits per heavy atom. The Kier molecular flexibility index (Phi) is 4.49. The number of para-hydroxylation sites is 1. The van der Waals surface area contributed by atoms with Crippen molar-refractivity contribution in [1.29, 1.82) is 0 Å². The summed E-state index contributed by atoms with van der Waals surface area (Å²) in [6.07, 6.45) is 4.38. The number of allylic oxidation sites excluding steroid dienone is 1. The lowest BCUT2D eigenvalue weighted by Gasteiger charge is -2.05. The first-order valence-electron chi connectivity index (χ1n) is 8.62. The number of rotatable bonds is 4. The van der Waals surface area contributed by atoms with E-state index in [9.17, 15) is 14.3 Å². The zero-order chi connectivity index (χ0) is 19.0. The molecule has 2 aromatic carbocycles. The number of aromatic hydroxyl groups is 1. The molecule has 0 aliphatic carbocycles. The molecule has 0 fully saturated rings. The minimum absolute atomic E-state index is 0.0122. The molecule has 1 aromatic heterocycles. The van der Waals surface area contributed by atoms with Crippen LogP contribution in [-0.4, -0.2) is 15.9 Å². The summed E-state index contributed by atoms with van der Waals surface area (Å²) in [5, 5.41) is 10.5. The van der Waals surface area contributed by atoms with Gasteiger partial charge in [-0.05, 0) is 24.1 Å². The highest BCUT2D eigenvalue weighted by atomic mass is 32.1. The Balaban J connectivity index is 1.72. The maximum Gasteiger partial charge on any atom is 0.310 e. The minimum Gasteiger partial charge on any atom is -0.493 e. The molecule has 1 aliphatic heterocycles. The summed E-state index contributed by atoms with van der Waals surface area (Å²) in [4.78, 5) is 16.9. The highest BCUT2D eigenvalue weighted by Gasteiger charge is 2.18. The number of aliphatic imine (C=N–C) groups is 1. The van der Waals surface area contributed by atoms with Crippen molar-refractivity contribution < 1.29 is 9.50 Å². The van der Waals surface area contributed by atoms with Crippen molar-refractivity contribution in [1.82, 2.24) is 4.57 Å². The van der Waals surface area contributed by atoms with Crippen LogP contribution in [0.25, 0.3) is 11.6 Å². The van der Waals surface area contributed by atoms with Gasteiger partial charge in [0.2, 0.25) is 5.88 Å². The topological polar surface area (TPSA) is 54.6 Å². The van der Waals surface area contributed by atoms with E-state index in [1.165, 1.54) is 10.6 Å². The average Bonchev–Trinajstić information content (AvgIpc) is 3.20. The molecule has 136 valence electrons. The molecule has 0 saturated carbocycles. The maximum atomic E-state index is 13.9. The minimum atomic E-state index is -0.404. The second-order valence-corrected chi connectivity index (χ2v) is 7.25. The molecule has 6 heteroatoms. The lowest BCUT2D eigenvalue weighted by molar-refractivity contribution is 0.418. The van der Waals surface area contributed by atoms with Gasteiger partial charge in [-0.2, -0.15) is 0 Å². The molecule has 27 heavy (non-hydrogen) atoms. The normalized spacial score (nSPS) is 14.1. The molecule has 1 N–H and O–H groups in total. The summed E-state index contributed by atoms with van der Waals surface area (Å²) >= 11 is 0.934. The highest BCUT2D eigenvalue weighted by Crippen LogP contribution is 2.37. The van der Waals surface area contributed by atoms with Crippen LogP contribution in [0.5, 0.6) is 5.88 Å². The van der Waals surface area contributed by atoms with Crippen LogP contribution >= 0.6 is 11.3 Å². The second-order valence-electron chi connectivity index (χ2n) is 6.26. The van der Waals surface area contributed by atoms with E-state index in [2.05, 4.69) is 11.9 Å². The molecule has 0 atom stereocenters. The molecule has 2 heterocycles. The number of hydrogen-bond donors (Lipinski definition) is 1. The molecule has 0 saturated heterocycles. The van der Waals surface area contributed by atoms with Gasteiger partial charge < -0.3 is 5.11 Å². The molecule has 0 unspecified atom stereocenters. The Bertz CT molecular complexity index is 1140. The molecule has 0 radical (unpaired) electrons. The maximum absolute atomic E-state index is 13.9. The van der Waals surface area contributed by atoms with E-state index < -0.39 is 5.82 Å². The summed E-state index contributed by atoms with van der Waals surface area (Å²) in [5.41, 5.74) is 4.27. The summed E-state index contributed by atoms with van der Waals surface area (Å²) < 4.78 is 15.1. The number of thiazole rings is 1. The first-order chi connectivity index (χ1) is 13.1. The summed E-state index contributed by atoms with van der Waals surface area (Å²) in [5.74, 6) is -0.562. The second kappa shape index (κ2) is 6.96. The van der Waals surface area contributed by atoms with Crippen molar-refractivity contribution in [3.8, 4) is 5.88 Å². The molecule has 0 spiro atoms. The number of aryl methyl sites for hydroxylation is 1. The van der Waals surface area contributed by atoms with Gasteiger partial charge in [0.15, 0.2) is 0 Å². The smallest absolute Gasteiger partial charge is 0.310 e. The number of nitrogens with zero attached hydrogens (tertiary/aromatic N) is 2. The first-order valence-corrected chi connectivity index (χ1v) is 9.44. The van der Waals surface area contributed by atoms with Crippen molar-refractivity contribution in [2.24, 2.45) is 4.99 Å². The van der Waals surface area contributed by atoms with Crippen LogP contribution in [0.4, 0.5) is 10.1 Å². The SMILES string of the molecule is CCc1cccc2c1N=C/C2=C\c1sc(=O)n(Cc2ccccc2F)c1O. The van der Waals surface area contributed by atoms with Crippen LogP contribution in [-0.2, 0) is 13.0 Å². The number of aromatic nitrogens is 1. The quantitative estimate of drug-likeness (QED) is 0.718. The predicted molar refractivity (Wildman–Crippen MR) is 108 cm³/mol. The Labute approximate surface area is 159 Å². The van der Waals surface area contributed by atoms with Crippen LogP contribution < -0.4 is 4.87 Å². The molecular formula is C21H17FN2O2S. The van der Waals surface area contributed by atoms with Gasteiger partial charge in [-0.1, -0.05) is 54.7 Å². The van der Waals surface area contributed by atoms with E-state index in [4.69, 9.17) is 0 Å². The highest BCUT2D eigenvalue weighted by molar-refractivity contribution is 7.10. The van der Waals surface area contributed by atoms with Crippen molar-refractivity contribution in [2.75, 3.05) is 0 Å². The van der Waals surface area contributed by atoms with Gasteiger partial charge in [0, 0.05) is 22.9 Å². The van der Waals surface area contributed by atoms with E-state index in [-0.39, 0.29) is 17.3 Å². The number of halogens is 1. The van der Waals surface area contributed by atoms with Crippen molar-refractivity contribution in [3.05, 3.63) is 79.5 Å². The third kappa shape index (κ3) is 3.13.